The van der Waals surface area contributed by atoms with Gasteiger partial charge in [-0.3, -0.25) is 5.41 Å². The van der Waals surface area contributed by atoms with Gasteiger partial charge >= 0.3 is 0 Å². The van der Waals surface area contributed by atoms with Gasteiger partial charge in [-0.05, 0) is 25.7 Å². The van der Waals surface area contributed by atoms with Crippen molar-refractivity contribution in [1.29, 1.82) is 5.41 Å². The Bertz CT molecular complexity index is 264. The Morgan fingerprint density at radius 2 is 1.80 bits per heavy atom. The second kappa shape index (κ2) is 13.0. The minimum absolute atomic E-state index is 0.236. The maximum absolute atomic E-state index is 8.98. The second-order valence-corrected chi connectivity index (χ2v) is 5.57. The molecule has 1 atom stereocenters. The lowest BCUT2D eigenvalue weighted by Crippen LogP contribution is -2.17. The van der Waals surface area contributed by atoms with Gasteiger partial charge in [0.15, 0.2) is 5.90 Å². The maximum Gasteiger partial charge on any atom is 0.183 e. The highest BCUT2D eigenvalue weighted by Crippen LogP contribution is 2.18. The van der Waals surface area contributed by atoms with Crippen molar-refractivity contribution in [2.45, 2.75) is 78.1 Å². The van der Waals surface area contributed by atoms with E-state index in [1.165, 1.54) is 25.7 Å². The predicted octanol–water partition coefficient (Wildman–Crippen LogP) is 5.61. The van der Waals surface area contributed by atoms with Crippen molar-refractivity contribution < 1.29 is 9.84 Å². The van der Waals surface area contributed by atoms with Crippen LogP contribution in [0.1, 0.15) is 78.1 Å². The van der Waals surface area contributed by atoms with Gasteiger partial charge in [0.05, 0.1) is 12.4 Å². The molecule has 0 aliphatic heterocycles. The molecule has 0 aromatic heterocycles. The largest absolute Gasteiger partial charge is 0.513 e. The maximum atomic E-state index is 8.98. The number of ether oxygens (including phenoxy) is 1. The first kappa shape index (κ1) is 19.0. The third kappa shape index (κ3) is 10.9. The summed E-state index contributed by atoms with van der Waals surface area (Å²) < 4.78 is 5.57. The second-order valence-electron chi connectivity index (χ2n) is 5.57. The molecule has 0 heterocycles. The van der Waals surface area contributed by atoms with E-state index in [2.05, 4.69) is 20.4 Å². The Kier molecular flexibility index (Phi) is 12.4. The molecule has 0 saturated carbocycles. The van der Waals surface area contributed by atoms with E-state index in [1.807, 2.05) is 0 Å². The molecule has 0 aliphatic rings. The van der Waals surface area contributed by atoms with Gasteiger partial charge in [-0.2, -0.15) is 0 Å². The van der Waals surface area contributed by atoms with Crippen LogP contribution in [0.4, 0.5) is 0 Å². The van der Waals surface area contributed by atoms with E-state index in [0.717, 1.165) is 32.1 Å². The van der Waals surface area contributed by atoms with Crippen molar-refractivity contribution in [3.63, 3.8) is 0 Å². The van der Waals surface area contributed by atoms with Crippen LogP contribution >= 0.6 is 0 Å². The molecule has 0 fully saturated rings. The number of hydrogen-bond donors (Lipinski definition) is 2. The minimum Gasteiger partial charge on any atom is -0.513 e. The lowest BCUT2D eigenvalue weighted by Gasteiger charge is -2.18. The summed E-state index contributed by atoms with van der Waals surface area (Å²) in [6.07, 6.45) is 10.6. The highest BCUT2D eigenvalue weighted by atomic mass is 16.5. The van der Waals surface area contributed by atoms with Gasteiger partial charge < -0.3 is 9.84 Å². The van der Waals surface area contributed by atoms with Gasteiger partial charge in [0.2, 0.25) is 0 Å². The lowest BCUT2D eigenvalue weighted by molar-refractivity contribution is 0.258. The zero-order chi connectivity index (χ0) is 15.2. The fraction of sp³-hybridized carbons (Fsp3) is 0.824. The summed E-state index contributed by atoms with van der Waals surface area (Å²) >= 11 is 0. The Balaban J connectivity index is 3.81. The molecule has 0 aromatic carbocycles. The Morgan fingerprint density at radius 3 is 2.40 bits per heavy atom. The highest BCUT2D eigenvalue weighted by molar-refractivity contribution is 5.75. The van der Waals surface area contributed by atoms with Gasteiger partial charge in [-0.15, -0.1) is 0 Å². The normalized spacial score (nSPS) is 12.1. The lowest BCUT2D eigenvalue weighted by atomic mass is 9.96. The van der Waals surface area contributed by atoms with Crippen LogP contribution in [0, 0.1) is 11.3 Å². The third-order valence-corrected chi connectivity index (χ3v) is 3.53. The van der Waals surface area contributed by atoms with Gasteiger partial charge in [0.1, 0.15) is 0 Å². The van der Waals surface area contributed by atoms with Crippen LogP contribution in [0.2, 0.25) is 0 Å². The summed E-state index contributed by atoms with van der Waals surface area (Å²) in [5.41, 5.74) is 0. The van der Waals surface area contributed by atoms with Crippen molar-refractivity contribution in [3.05, 3.63) is 12.3 Å². The zero-order valence-electron chi connectivity index (χ0n) is 13.4. The molecular formula is C17H33NO2. The first-order valence-electron chi connectivity index (χ1n) is 8.19. The van der Waals surface area contributed by atoms with Gasteiger partial charge in [-0.25, -0.2) is 0 Å². The molecule has 3 nitrogen and oxygen atoms in total. The molecule has 0 saturated heterocycles. The van der Waals surface area contributed by atoms with Crippen LogP contribution in [-0.4, -0.2) is 17.6 Å². The Labute approximate surface area is 124 Å². The Hall–Kier alpha value is -0.990. The van der Waals surface area contributed by atoms with E-state index in [4.69, 9.17) is 15.3 Å². The molecule has 0 amide bonds. The minimum atomic E-state index is 0.236. The van der Waals surface area contributed by atoms with Crippen LogP contribution in [0.3, 0.4) is 0 Å². The molecule has 3 heteroatoms. The van der Waals surface area contributed by atoms with Crippen molar-refractivity contribution in [1.82, 2.24) is 0 Å². The summed E-state index contributed by atoms with van der Waals surface area (Å²) in [7, 11) is 0. The number of aliphatic hydroxyl groups is 1. The Morgan fingerprint density at radius 1 is 1.05 bits per heavy atom. The molecule has 0 bridgehead atoms. The summed E-state index contributed by atoms with van der Waals surface area (Å²) in [6, 6.07) is 0. The molecule has 0 aromatic rings. The monoisotopic (exact) mass is 283 g/mol. The van der Waals surface area contributed by atoms with E-state index in [0.29, 0.717) is 24.8 Å². The number of hydrogen-bond acceptors (Lipinski definition) is 3. The average molecular weight is 283 g/mol. The fourth-order valence-electron chi connectivity index (χ4n) is 2.30. The van der Waals surface area contributed by atoms with Gasteiger partial charge in [0.25, 0.3) is 0 Å². The molecule has 2 N–H and O–H groups in total. The van der Waals surface area contributed by atoms with Crippen molar-refractivity contribution in [3.8, 4) is 0 Å². The van der Waals surface area contributed by atoms with Gasteiger partial charge in [-0.1, -0.05) is 52.5 Å². The van der Waals surface area contributed by atoms with Crippen molar-refractivity contribution in [2.24, 2.45) is 5.92 Å². The summed E-state index contributed by atoms with van der Waals surface area (Å²) in [4.78, 5) is 0. The van der Waals surface area contributed by atoms with E-state index in [-0.39, 0.29) is 5.76 Å². The molecule has 0 spiro atoms. The summed E-state index contributed by atoms with van der Waals surface area (Å²) in [5, 5.41) is 17.0. The number of rotatable bonds is 13. The van der Waals surface area contributed by atoms with Crippen molar-refractivity contribution >= 4 is 5.90 Å². The van der Waals surface area contributed by atoms with Crippen LogP contribution < -0.4 is 0 Å². The molecule has 118 valence electrons. The topological polar surface area (TPSA) is 53.3 Å². The SMILES string of the molecule is C=C(O)CCCCOC(=N)C(CCC)CCCCCC. The molecule has 0 aliphatic carbocycles. The van der Waals surface area contributed by atoms with Crippen molar-refractivity contribution in [2.75, 3.05) is 6.61 Å². The van der Waals surface area contributed by atoms with Crippen LogP contribution in [0.25, 0.3) is 0 Å². The molecule has 0 radical (unpaired) electrons. The molecular weight excluding hydrogens is 250 g/mol. The van der Waals surface area contributed by atoms with E-state index >= 15 is 0 Å². The quantitative estimate of drug-likeness (QED) is 0.200. The van der Waals surface area contributed by atoms with Crippen LogP contribution in [-0.2, 0) is 4.74 Å². The zero-order valence-corrected chi connectivity index (χ0v) is 13.4. The fourth-order valence-corrected chi connectivity index (χ4v) is 2.30. The average Bonchev–Trinajstić information content (AvgIpc) is 2.41. The molecule has 1 unspecified atom stereocenters. The summed E-state index contributed by atoms with van der Waals surface area (Å²) in [6.45, 7) is 8.43. The highest BCUT2D eigenvalue weighted by Gasteiger charge is 2.14. The first-order valence-corrected chi connectivity index (χ1v) is 8.19. The van der Waals surface area contributed by atoms with Crippen LogP contribution in [0.15, 0.2) is 12.3 Å². The smallest absolute Gasteiger partial charge is 0.183 e. The number of allylic oxidation sites excluding steroid dienone is 1. The standard InChI is InChI=1S/C17H33NO2/c1-4-6-7-8-13-16(11-5-2)17(18)20-14-10-9-12-15(3)19/h16,18-19H,3-14H2,1-2H3. The number of aliphatic hydroxyl groups excluding tert-OH is 1. The predicted molar refractivity (Wildman–Crippen MR) is 86.5 cm³/mol. The molecule has 20 heavy (non-hydrogen) atoms. The van der Waals surface area contributed by atoms with E-state index in [1.54, 1.807) is 0 Å². The van der Waals surface area contributed by atoms with E-state index in [9.17, 15) is 0 Å². The number of nitrogens with one attached hydrogen (secondary N) is 1. The van der Waals surface area contributed by atoms with Crippen LogP contribution in [0.5, 0.6) is 0 Å². The first-order chi connectivity index (χ1) is 9.61. The van der Waals surface area contributed by atoms with Gasteiger partial charge in [0, 0.05) is 12.3 Å². The molecule has 0 rings (SSSR count). The summed E-state index contributed by atoms with van der Waals surface area (Å²) in [5.74, 6) is 0.996. The third-order valence-electron chi connectivity index (χ3n) is 3.53. The number of unbranched alkanes of at least 4 members (excludes halogenated alkanes) is 4. The van der Waals surface area contributed by atoms with E-state index < -0.39 is 0 Å².